The van der Waals surface area contributed by atoms with Crippen LogP contribution in [-0.2, 0) is 14.4 Å². The molecule has 0 saturated heterocycles. The van der Waals surface area contributed by atoms with Crippen molar-refractivity contribution in [2.45, 2.75) is 59.2 Å². The molecule has 0 amide bonds. The van der Waals surface area contributed by atoms with Crippen LogP contribution in [0.25, 0.3) is 5.76 Å². The number of phenolic OH excluding ortho intramolecular Hbond substituents is 1. The van der Waals surface area contributed by atoms with Gasteiger partial charge >= 0.3 is 0 Å². The van der Waals surface area contributed by atoms with Gasteiger partial charge in [0.15, 0.2) is 17.2 Å². The Balaban J connectivity index is 2.21. The second kappa shape index (κ2) is 7.60. The van der Waals surface area contributed by atoms with Gasteiger partial charge in [0.1, 0.15) is 29.1 Å². The van der Waals surface area contributed by atoms with Crippen molar-refractivity contribution in [2.24, 2.45) is 22.7 Å². The minimum absolute atomic E-state index is 0.120. The Hall–Kier alpha value is -3.30. The molecule has 5 N–H and O–H groups in total. The Labute approximate surface area is 207 Å². The number of aliphatic hydroxyl groups is 4. The Morgan fingerprint density at radius 3 is 2.19 bits per heavy atom. The van der Waals surface area contributed by atoms with E-state index in [-0.39, 0.29) is 16.7 Å². The van der Waals surface area contributed by atoms with Crippen LogP contribution in [-0.4, -0.2) is 60.9 Å². The smallest absolute Gasteiger partial charge is 0.203 e. The summed E-state index contributed by atoms with van der Waals surface area (Å²) in [6.45, 7) is 8.69. The number of hydrogen-bond acceptors (Lipinski definition) is 9. The van der Waals surface area contributed by atoms with E-state index in [1.807, 2.05) is 0 Å². The standard InChI is InChI=1S/C27H30O9/c1-10(2)18-20(31)16(12(4)29)22(33)27(36)23(34)19-21(32)17-14(30)8-7-13(9-28)15(17)11(3)25(19,5)24(35)26(18,27)6/h7-11,18,24,30,32-33,35-36H,1-6H3/t11-,18?,24-,25+,26+,27+/m1/s1. The molecule has 1 aromatic rings. The van der Waals surface area contributed by atoms with Crippen LogP contribution in [0.1, 0.15) is 68.9 Å². The lowest BCUT2D eigenvalue weighted by Gasteiger charge is -2.63. The molecule has 4 rings (SSSR count). The Kier molecular flexibility index (Phi) is 5.44. The first-order valence-electron chi connectivity index (χ1n) is 11.7. The molecule has 0 radical (unpaired) electrons. The van der Waals surface area contributed by atoms with E-state index in [2.05, 4.69) is 0 Å². The van der Waals surface area contributed by atoms with Crippen LogP contribution in [0.2, 0.25) is 0 Å². The summed E-state index contributed by atoms with van der Waals surface area (Å²) in [5.74, 6) is -7.93. The molecule has 3 aliphatic carbocycles. The van der Waals surface area contributed by atoms with E-state index < -0.39 is 86.1 Å². The van der Waals surface area contributed by atoms with Crippen LogP contribution in [0.15, 0.2) is 29.0 Å². The second-order valence-electron chi connectivity index (χ2n) is 10.9. The Morgan fingerprint density at radius 2 is 1.69 bits per heavy atom. The molecule has 1 fully saturated rings. The minimum atomic E-state index is -2.94. The van der Waals surface area contributed by atoms with Gasteiger partial charge in [-0.3, -0.25) is 19.2 Å². The third kappa shape index (κ3) is 2.57. The van der Waals surface area contributed by atoms with Crippen LogP contribution in [0.4, 0.5) is 0 Å². The van der Waals surface area contributed by atoms with Gasteiger partial charge in [-0.2, -0.15) is 0 Å². The summed E-state index contributed by atoms with van der Waals surface area (Å²) in [6.07, 6.45) is -1.21. The number of aliphatic hydroxyl groups excluding tert-OH is 3. The fourth-order valence-corrected chi connectivity index (χ4v) is 7.13. The number of rotatable bonds is 3. The van der Waals surface area contributed by atoms with E-state index in [0.29, 0.717) is 6.29 Å². The molecule has 0 aromatic heterocycles. The van der Waals surface area contributed by atoms with Gasteiger partial charge < -0.3 is 25.5 Å². The van der Waals surface area contributed by atoms with Crippen LogP contribution in [0, 0.1) is 22.7 Å². The average Bonchev–Trinajstić information content (AvgIpc) is 2.79. The number of aldehydes is 1. The van der Waals surface area contributed by atoms with Gasteiger partial charge in [-0.05, 0) is 36.5 Å². The number of aromatic hydroxyl groups is 1. The van der Waals surface area contributed by atoms with E-state index in [1.165, 1.54) is 26.0 Å². The van der Waals surface area contributed by atoms with Gasteiger partial charge in [0.25, 0.3) is 0 Å². The first-order chi connectivity index (χ1) is 16.6. The molecule has 0 aliphatic heterocycles. The summed E-state index contributed by atoms with van der Waals surface area (Å²) in [5, 5.41) is 57.1. The predicted molar refractivity (Wildman–Crippen MR) is 127 cm³/mol. The number of carbonyl (C=O) groups is 4. The number of fused-ring (bicyclic) bond motifs is 3. The fourth-order valence-electron chi connectivity index (χ4n) is 7.13. The zero-order valence-electron chi connectivity index (χ0n) is 20.9. The van der Waals surface area contributed by atoms with Crippen molar-refractivity contribution in [3.8, 4) is 5.75 Å². The van der Waals surface area contributed by atoms with Crippen molar-refractivity contribution in [1.82, 2.24) is 0 Å². The first kappa shape index (κ1) is 25.8. The molecule has 0 spiro atoms. The van der Waals surface area contributed by atoms with E-state index in [0.717, 1.165) is 6.92 Å². The van der Waals surface area contributed by atoms with Gasteiger partial charge in [-0.15, -0.1) is 0 Å². The number of allylic oxidation sites excluding steroid dienone is 1. The average molecular weight is 499 g/mol. The summed E-state index contributed by atoms with van der Waals surface area (Å²) >= 11 is 0. The van der Waals surface area contributed by atoms with Crippen LogP contribution in [0.5, 0.6) is 5.75 Å². The highest BCUT2D eigenvalue weighted by molar-refractivity contribution is 6.24. The van der Waals surface area contributed by atoms with Crippen molar-refractivity contribution >= 4 is 29.4 Å². The predicted octanol–water partition coefficient (Wildman–Crippen LogP) is 2.53. The highest BCUT2D eigenvalue weighted by atomic mass is 16.4. The molecular weight excluding hydrogens is 468 g/mol. The van der Waals surface area contributed by atoms with Crippen LogP contribution >= 0.6 is 0 Å². The first-order valence-corrected chi connectivity index (χ1v) is 11.7. The number of benzene rings is 1. The molecule has 0 bridgehead atoms. The number of ketones is 3. The lowest BCUT2D eigenvalue weighted by atomic mass is 9.40. The van der Waals surface area contributed by atoms with Crippen molar-refractivity contribution in [3.63, 3.8) is 0 Å². The zero-order valence-corrected chi connectivity index (χ0v) is 20.9. The van der Waals surface area contributed by atoms with Gasteiger partial charge in [0.2, 0.25) is 5.78 Å². The summed E-state index contributed by atoms with van der Waals surface area (Å²) in [5.41, 5.74) is -7.71. The van der Waals surface area contributed by atoms with E-state index in [4.69, 9.17) is 0 Å². The second-order valence-corrected chi connectivity index (χ2v) is 10.9. The van der Waals surface area contributed by atoms with E-state index >= 15 is 0 Å². The molecule has 1 saturated carbocycles. The Bertz CT molecular complexity index is 1320. The van der Waals surface area contributed by atoms with Crippen molar-refractivity contribution in [1.29, 1.82) is 0 Å². The van der Waals surface area contributed by atoms with E-state index in [9.17, 15) is 44.7 Å². The molecule has 0 heterocycles. The number of hydrogen-bond donors (Lipinski definition) is 5. The van der Waals surface area contributed by atoms with Gasteiger partial charge in [-0.1, -0.05) is 34.6 Å². The van der Waals surface area contributed by atoms with Gasteiger partial charge in [-0.25, -0.2) is 0 Å². The molecular formula is C27H30O9. The molecule has 192 valence electrons. The highest BCUT2D eigenvalue weighted by Gasteiger charge is 2.77. The summed E-state index contributed by atoms with van der Waals surface area (Å²) < 4.78 is 0. The van der Waals surface area contributed by atoms with Crippen molar-refractivity contribution in [2.75, 3.05) is 0 Å². The Morgan fingerprint density at radius 1 is 1.11 bits per heavy atom. The highest BCUT2D eigenvalue weighted by Crippen LogP contribution is 2.67. The molecule has 9 nitrogen and oxygen atoms in total. The van der Waals surface area contributed by atoms with E-state index in [1.54, 1.807) is 20.8 Å². The number of carbonyl (C=O) groups excluding carboxylic acids is 4. The molecule has 9 heteroatoms. The maximum absolute atomic E-state index is 14.2. The maximum atomic E-state index is 14.2. The molecule has 3 aliphatic rings. The zero-order chi connectivity index (χ0) is 27.3. The maximum Gasteiger partial charge on any atom is 0.203 e. The molecule has 1 aromatic carbocycles. The summed E-state index contributed by atoms with van der Waals surface area (Å²) in [7, 11) is 0. The molecule has 36 heavy (non-hydrogen) atoms. The largest absolute Gasteiger partial charge is 0.508 e. The lowest BCUT2D eigenvalue weighted by Crippen LogP contribution is -2.75. The molecule has 1 unspecified atom stereocenters. The molecule has 6 atom stereocenters. The monoisotopic (exact) mass is 498 g/mol. The fraction of sp³-hybridized carbons (Fsp3) is 0.481. The summed E-state index contributed by atoms with van der Waals surface area (Å²) in [4.78, 5) is 52.0. The topological polar surface area (TPSA) is 169 Å². The normalized spacial score (nSPS) is 36.0. The minimum Gasteiger partial charge on any atom is -0.508 e. The summed E-state index contributed by atoms with van der Waals surface area (Å²) in [6, 6.07) is 2.53. The SMILES string of the molecule is CC(=O)C1=C(O)[C@]2(O)C(=O)C3=C(O)c4c(O)ccc(C=O)c4[C@@H](C)[C@]3(C)[C@@H](O)[C@]2(C)C(C(C)C)C1=O. The third-order valence-electron chi connectivity index (χ3n) is 8.97. The van der Waals surface area contributed by atoms with Gasteiger partial charge in [0, 0.05) is 22.3 Å². The number of phenols is 1. The van der Waals surface area contributed by atoms with Crippen LogP contribution < -0.4 is 0 Å². The van der Waals surface area contributed by atoms with Gasteiger partial charge in [0.05, 0.1) is 17.2 Å². The quantitative estimate of drug-likeness (QED) is 0.310. The van der Waals surface area contributed by atoms with Crippen molar-refractivity contribution in [3.05, 3.63) is 45.7 Å². The third-order valence-corrected chi connectivity index (χ3v) is 8.97. The number of Topliss-reactive ketones (excluding diaryl/α,β-unsaturated/α-hetero) is 3. The lowest BCUT2D eigenvalue weighted by molar-refractivity contribution is -0.215. The van der Waals surface area contributed by atoms with Crippen LogP contribution in [0.3, 0.4) is 0 Å². The van der Waals surface area contributed by atoms with Crippen molar-refractivity contribution < 1.29 is 44.7 Å².